The predicted molar refractivity (Wildman–Crippen MR) is 112 cm³/mol. The van der Waals surface area contributed by atoms with E-state index in [1.165, 1.54) is 38.5 Å². The van der Waals surface area contributed by atoms with Gasteiger partial charge in [0.25, 0.3) is 0 Å². The number of hydrogen-bond donors (Lipinski definition) is 1. The molecular formula is C21H21BrFNO6. The van der Waals surface area contributed by atoms with Gasteiger partial charge in [0.15, 0.2) is 12.3 Å². The number of ether oxygens (including phenoxy) is 4. The third kappa shape index (κ3) is 6.28. The molecule has 2 rings (SSSR count). The number of rotatable bonds is 10. The van der Waals surface area contributed by atoms with Crippen LogP contribution in [0.5, 0.6) is 11.5 Å². The Hall–Kier alpha value is -2.94. The molecule has 7 nitrogen and oxygen atoms in total. The van der Waals surface area contributed by atoms with Gasteiger partial charge in [0.2, 0.25) is 0 Å². The van der Waals surface area contributed by atoms with Crippen LogP contribution in [-0.2, 0) is 9.47 Å². The van der Waals surface area contributed by atoms with Crippen molar-refractivity contribution in [2.45, 2.75) is 17.1 Å². The van der Waals surface area contributed by atoms with Crippen LogP contribution in [0, 0.1) is 5.41 Å². The molecule has 0 amide bonds. The Morgan fingerprint density at radius 2 is 1.43 bits per heavy atom. The first-order valence-corrected chi connectivity index (χ1v) is 9.76. The Bertz CT molecular complexity index is 859. The van der Waals surface area contributed by atoms with Crippen molar-refractivity contribution in [1.82, 2.24) is 0 Å². The molecule has 30 heavy (non-hydrogen) atoms. The third-order valence-electron chi connectivity index (χ3n) is 4.10. The Morgan fingerprint density at radius 1 is 0.967 bits per heavy atom. The number of esters is 2. The van der Waals surface area contributed by atoms with Crippen molar-refractivity contribution >= 4 is 34.1 Å². The number of carbonyl (C=O) groups is 2. The first-order valence-electron chi connectivity index (χ1n) is 8.84. The van der Waals surface area contributed by atoms with Crippen LogP contribution in [-0.4, -0.2) is 56.1 Å². The van der Waals surface area contributed by atoms with E-state index >= 15 is 0 Å². The molecule has 0 radical (unpaired) electrons. The summed E-state index contributed by atoms with van der Waals surface area (Å²) in [5.41, 5.74) is 0.471. The fourth-order valence-electron chi connectivity index (χ4n) is 2.41. The fraction of sp³-hybridized carbons (Fsp3) is 0.286. The molecule has 0 heterocycles. The van der Waals surface area contributed by atoms with Crippen LogP contribution in [0.3, 0.4) is 0 Å². The lowest BCUT2D eigenvalue weighted by Gasteiger charge is -2.24. The van der Waals surface area contributed by atoms with Crippen molar-refractivity contribution in [3.63, 3.8) is 0 Å². The molecule has 2 aromatic carbocycles. The lowest BCUT2D eigenvalue weighted by Crippen LogP contribution is -2.39. The van der Waals surface area contributed by atoms with Crippen molar-refractivity contribution in [3.8, 4) is 11.5 Å². The van der Waals surface area contributed by atoms with Gasteiger partial charge in [-0.25, -0.2) is 14.0 Å². The zero-order chi connectivity index (χ0) is 22.1. The maximum Gasteiger partial charge on any atom is 0.338 e. The first kappa shape index (κ1) is 23.3. The summed E-state index contributed by atoms with van der Waals surface area (Å²) in [7, 11) is 3.00. The van der Waals surface area contributed by atoms with E-state index in [1.54, 1.807) is 24.3 Å². The zero-order valence-electron chi connectivity index (χ0n) is 16.3. The van der Waals surface area contributed by atoms with Crippen LogP contribution >= 0.6 is 15.9 Å². The van der Waals surface area contributed by atoms with E-state index in [4.69, 9.17) is 24.4 Å². The maximum atomic E-state index is 14.2. The van der Waals surface area contributed by atoms with Gasteiger partial charge in [-0.3, -0.25) is 0 Å². The molecule has 160 valence electrons. The van der Waals surface area contributed by atoms with E-state index in [-0.39, 0.29) is 17.7 Å². The smallest absolute Gasteiger partial charge is 0.338 e. The lowest BCUT2D eigenvalue weighted by molar-refractivity contribution is 0.00882. The van der Waals surface area contributed by atoms with E-state index in [0.29, 0.717) is 17.7 Å². The second kappa shape index (κ2) is 11.3. The first-order chi connectivity index (χ1) is 14.4. The summed E-state index contributed by atoms with van der Waals surface area (Å²) in [4.78, 5) is 23.7. The molecule has 9 heteroatoms. The Morgan fingerprint density at radius 3 is 1.87 bits per heavy atom. The molecule has 0 spiro atoms. The van der Waals surface area contributed by atoms with Crippen molar-refractivity contribution in [3.05, 3.63) is 59.7 Å². The van der Waals surface area contributed by atoms with Gasteiger partial charge in [0.05, 0.1) is 30.2 Å². The van der Waals surface area contributed by atoms with Gasteiger partial charge in [0, 0.05) is 6.21 Å². The summed E-state index contributed by atoms with van der Waals surface area (Å²) >= 11 is 3.20. The number of hydrogen-bond acceptors (Lipinski definition) is 7. The molecule has 0 bridgehead atoms. The second-order valence-electron chi connectivity index (χ2n) is 6.05. The molecule has 0 aliphatic rings. The van der Waals surface area contributed by atoms with Gasteiger partial charge >= 0.3 is 11.9 Å². The average molecular weight is 482 g/mol. The quantitative estimate of drug-likeness (QED) is 0.314. The van der Waals surface area contributed by atoms with E-state index in [0.717, 1.165) is 0 Å². The highest BCUT2D eigenvalue weighted by molar-refractivity contribution is 9.09. The van der Waals surface area contributed by atoms with E-state index in [9.17, 15) is 14.0 Å². The summed E-state index contributed by atoms with van der Waals surface area (Å²) in [6.07, 6.45) is -2.75. The minimum Gasteiger partial charge on any atom is -0.497 e. The zero-order valence-corrected chi connectivity index (χ0v) is 17.9. The molecule has 3 atom stereocenters. The Kier molecular flexibility index (Phi) is 8.79. The molecule has 0 aromatic heterocycles. The summed E-state index contributed by atoms with van der Waals surface area (Å²) in [5.74, 6) is -0.276. The number of halogens is 2. The maximum absolute atomic E-state index is 14.2. The summed E-state index contributed by atoms with van der Waals surface area (Å²) in [6.45, 7) is -0.278. The average Bonchev–Trinajstić information content (AvgIpc) is 2.80. The van der Waals surface area contributed by atoms with Crippen molar-refractivity contribution < 1.29 is 32.9 Å². The van der Waals surface area contributed by atoms with E-state index < -0.39 is 29.0 Å². The highest BCUT2D eigenvalue weighted by Gasteiger charge is 2.32. The topological polar surface area (TPSA) is 94.9 Å². The molecular weight excluding hydrogens is 461 g/mol. The normalized spacial score (nSPS) is 13.5. The Balaban J connectivity index is 2.01. The number of benzene rings is 2. The molecule has 0 saturated carbocycles. The number of nitrogens with one attached hydrogen (secondary N) is 1. The molecule has 0 aliphatic carbocycles. The SMILES string of the molecule is COc1ccc(C(=O)OC[C@@H](Br)[C@@H](OC(=O)c2ccc(OC)cc2)[C@H](F)C=N)cc1. The van der Waals surface area contributed by atoms with Gasteiger partial charge in [-0.1, -0.05) is 15.9 Å². The second-order valence-corrected chi connectivity index (χ2v) is 7.23. The van der Waals surface area contributed by atoms with Crippen molar-refractivity contribution in [2.24, 2.45) is 0 Å². The van der Waals surface area contributed by atoms with Gasteiger partial charge < -0.3 is 24.4 Å². The highest BCUT2D eigenvalue weighted by atomic mass is 79.9. The lowest BCUT2D eigenvalue weighted by atomic mass is 10.1. The molecule has 0 aliphatic heterocycles. The Labute approximate surface area is 181 Å². The molecule has 0 fully saturated rings. The van der Waals surface area contributed by atoms with Gasteiger partial charge in [-0.2, -0.15) is 0 Å². The van der Waals surface area contributed by atoms with Crippen molar-refractivity contribution in [1.29, 1.82) is 5.41 Å². The largest absolute Gasteiger partial charge is 0.497 e. The standard InChI is InChI=1S/C21H21BrFNO6/c1-27-15-7-3-13(4-8-15)20(25)29-12-17(22)19(18(23)11-24)30-21(26)14-5-9-16(28-2)10-6-14/h3-11,17-19,24H,12H2,1-2H3/t17-,18-,19-/m1/s1. The molecule has 2 aromatic rings. The van der Waals surface area contributed by atoms with Gasteiger partial charge in [-0.15, -0.1) is 0 Å². The third-order valence-corrected chi connectivity index (χ3v) is 4.88. The summed E-state index contributed by atoms with van der Waals surface area (Å²) < 4.78 is 34.7. The predicted octanol–water partition coefficient (Wildman–Crippen LogP) is 3.84. The highest BCUT2D eigenvalue weighted by Crippen LogP contribution is 2.20. The van der Waals surface area contributed by atoms with Crippen LogP contribution in [0.15, 0.2) is 48.5 Å². The fourth-order valence-corrected chi connectivity index (χ4v) is 2.94. The molecule has 1 N–H and O–H groups in total. The van der Waals surface area contributed by atoms with Crippen LogP contribution in [0.4, 0.5) is 4.39 Å². The minimum absolute atomic E-state index is 0.188. The van der Waals surface area contributed by atoms with Crippen LogP contribution in [0.1, 0.15) is 20.7 Å². The number of carbonyl (C=O) groups excluding carboxylic acids is 2. The monoisotopic (exact) mass is 481 g/mol. The molecule has 0 saturated heterocycles. The van der Waals surface area contributed by atoms with Crippen molar-refractivity contribution in [2.75, 3.05) is 20.8 Å². The van der Waals surface area contributed by atoms with E-state index in [1.807, 2.05) is 0 Å². The van der Waals surface area contributed by atoms with E-state index in [2.05, 4.69) is 15.9 Å². The van der Waals surface area contributed by atoms with Gasteiger partial charge in [-0.05, 0) is 48.5 Å². The van der Waals surface area contributed by atoms with Gasteiger partial charge in [0.1, 0.15) is 18.1 Å². The summed E-state index contributed by atoms with van der Waals surface area (Å²) in [6, 6.07) is 12.4. The van der Waals surface area contributed by atoms with Crippen LogP contribution in [0.25, 0.3) is 0 Å². The number of alkyl halides is 2. The molecule has 0 unspecified atom stereocenters. The minimum atomic E-state index is -1.89. The van der Waals surface area contributed by atoms with Crippen LogP contribution in [0.2, 0.25) is 0 Å². The summed E-state index contributed by atoms with van der Waals surface area (Å²) in [5, 5.41) is 7.18. The van der Waals surface area contributed by atoms with Crippen LogP contribution < -0.4 is 9.47 Å². The number of methoxy groups -OCH3 is 2.